The summed E-state index contributed by atoms with van der Waals surface area (Å²) < 4.78 is 30.3. The highest BCUT2D eigenvalue weighted by Crippen LogP contribution is 2.28. The van der Waals surface area contributed by atoms with Gasteiger partial charge in [-0.1, -0.05) is 0 Å². The van der Waals surface area contributed by atoms with Crippen molar-refractivity contribution in [2.45, 2.75) is 19.2 Å². The summed E-state index contributed by atoms with van der Waals surface area (Å²) in [4.78, 5) is 15.3. The van der Waals surface area contributed by atoms with Crippen molar-refractivity contribution in [3.63, 3.8) is 0 Å². The number of anilines is 1. The Labute approximate surface area is 102 Å². The van der Waals surface area contributed by atoms with Crippen LogP contribution in [0.1, 0.15) is 35.0 Å². The second-order valence-electron chi connectivity index (χ2n) is 3.11. The van der Waals surface area contributed by atoms with Crippen molar-refractivity contribution < 1.29 is 18.3 Å². The number of alkyl halides is 3. The van der Waals surface area contributed by atoms with E-state index in [1.807, 2.05) is 0 Å². The van der Waals surface area contributed by atoms with Gasteiger partial charge in [0.15, 0.2) is 0 Å². The molecule has 0 atom stereocenters. The average molecular weight is 265 g/mol. The molecule has 1 rings (SSSR count). The number of hydrogen-bond acceptors (Lipinski definition) is 4. The van der Waals surface area contributed by atoms with Gasteiger partial charge in [-0.2, -0.15) is 0 Å². The normalized spacial score (nSPS) is 10.6. The first kappa shape index (κ1) is 13.6. The van der Waals surface area contributed by atoms with Gasteiger partial charge in [-0.25, -0.2) is 18.6 Å². The summed E-state index contributed by atoms with van der Waals surface area (Å²) in [5, 5.41) is 0. The third kappa shape index (κ3) is 3.03. The first-order chi connectivity index (χ1) is 8.01. The predicted octanol–water partition coefficient (Wildman–Crippen LogP) is 2.52. The molecule has 0 saturated heterocycles. The van der Waals surface area contributed by atoms with Crippen LogP contribution in [0, 0.1) is 0 Å². The number of nitrogen functional groups attached to an aromatic ring is 1. The molecule has 0 aliphatic carbocycles. The van der Waals surface area contributed by atoms with E-state index in [2.05, 4.69) is 9.72 Å². The van der Waals surface area contributed by atoms with Crippen LogP contribution in [-0.4, -0.2) is 17.6 Å². The van der Waals surface area contributed by atoms with Gasteiger partial charge in [-0.15, -0.1) is 11.6 Å². The number of hydrogen-bond donors (Lipinski definition) is 1. The summed E-state index contributed by atoms with van der Waals surface area (Å²) in [7, 11) is 0. The highest BCUT2D eigenvalue weighted by Gasteiger charge is 2.24. The van der Waals surface area contributed by atoms with Gasteiger partial charge >= 0.3 is 5.97 Å². The quantitative estimate of drug-likeness (QED) is 0.670. The number of carbonyl (C=O) groups excluding carboxylic acids is 1. The maximum absolute atomic E-state index is 12.8. The van der Waals surface area contributed by atoms with Crippen molar-refractivity contribution in [3.8, 4) is 0 Å². The lowest BCUT2D eigenvalue weighted by atomic mass is 10.1. The summed E-state index contributed by atoms with van der Waals surface area (Å²) >= 11 is 5.55. The minimum Gasteiger partial charge on any atom is -0.462 e. The number of ether oxygens (including phenoxy) is 1. The molecule has 1 aromatic rings. The molecular weight excluding hydrogens is 254 g/mol. The molecule has 7 heteroatoms. The monoisotopic (exact) mass is 264 g/mol. The molecule has 0 unspecified atom stereocenters. The molecule has 0 radical (unpaired) electrons. The molecule has 0 amide bonds. The fourth-order valence-corrected chi connectivity index (χ4v) is 1.54. The highest BCUT2D eigenvalue weighted by atomic mass is 35.5. The zero-order valence-electron chi connectivity index (χ0n) is 9.04. The fraction of sp³-hybridized carbons (Fsp3) is 0.400. The van der Waals surface area contributed by atoms with Crippen LogP contribution in [0.4, 0.5) is 14.6 Å². The molecule has 0 fully saturated rings. The number of aromatic nitrogens is 1. The maximum Gasteiger partial charge on any atom is 0.340 e. The molecule has 0 saturated carbocycles. The van der Waals surface area contributed by atoms with E-state index in [1.165, 1.54) is 0 Å². The Morgan fingerprint density at radius 2 is 2.29 bits per heavy atom. The van der Waals surface area contributed by atoms with Gasteiger partial charge in [0.1, 0.15) is 5.82 Å². The predicted molar refractivity (Wildman–Crippen MR) is 59.1 cm³/mol. The number of esters is 1. The number of rotatable bonds is 4. The first-order valence-corrected chi connectivity index (χ1v) is 5.35. The Hall–Kier alpha value is -1.43. The van der Waals surface area contributed by atoms with Crippen molar-refractivity contribution in [2.24, 2.45) is 0 Å². The van der Waals surface area contributed by atoms with E-state index >= 15 is 0 Å². The smallest absolute Gasteiger partial charge is 0.340 e. The summed E-state index contributed by atoms with van der Waals surface area (Å²) in [5.41, 5.74) is 4.55. The van der Waals surface area contributed by atoms with Crippen molar-refractivity contribution >= 4 is 23.4 Å². The van der Waals surface area contributed by atoms with Crippen molar-refractivity contribution in [3.05, 3.63) is 22.9 Å². The third-order valence-electron chi connectivity index (χ3n) is 1.99. The molecule has 0 aliphatic heterocycles. The van der Waals surface area contributed by atoms with Gasteiger partial charge < -0.3 is 10.5 Å². The van der Waals surface area contributed by atoms with Gasteiger partial charge in [-0.05, 0) is 13.0 Å². The standard InChI is InChI=1S/C10H11ClF2N2O2/c1-2-17-10(16)8-5(9(12)13)3-7(14)15-6(8)4-11/h3,9H,2,4H2,1H3,(H2,14,15). The largest absolute Gasteiger partial charge is 0.462 e. The van der Waals surface area contributed by atoms with Gasteiger partial charge in [0, 0.05) is 5.56 Å². The van der Waals surface area contributed by atoms with Crippen LogP contribution in [0.25, 0.3) is 0 Å². The topological polar surface area (TPSA) is 65.2 Å². The molecule has 4 nitrogen and oxygen atoms in total. The fourth-order valence-electron chi connectivity index (χ4n) is 1.35. The Bertz CT molecular complexity index is 427. The molecule has 2 N–H and O–H groups in total. The van der Waals surface area contributed by atoms with E-state index in [4.69, 9.17) is 17.3 Å². The Balaban J connectivity index is 3.36. The zero-order valence-corrected chi connectivity index (χ0v) is 9.80. The summed E-state index contributed by atoms with van der Waals surface area (Å²) in [6.45, 7) is 1.65. The van der Waals surface area contributed by atoms with E-state index in [9.17, 15) is 13.6 Å². The molecule has 0 aliphatic rings. The van der Waals surface area contributed by atoms with E-state index in [0.717, 1.165) is 6.07 Å². The number of pyridine rings is 1. The number of nitrogens with two attached hydrogens (primary N) is 1. The minimum absolute atomic E-state index is 0.000386. The number of nitrogens with zero attached hydrogens (tertiary/aromatic N) is 1. The molecule has 0 bridgehead atoms. The molecule has 17 heavy (non-hydrogen) atoms. The average Bonchev–Trinajstić information content (AvgIpc) is 2.27. The Morgan fingerprint density at radius 1 is 1.65 bits per heavy atom. The van der Waals surface area contributed by atoms with E-state index in [0.29, 0.717) is 0 Å². The van der Waals surface area contributed by atoms with Crippen LogP contribution in [0.3, 0.4) is 0 Å². The molecule has 1 heterocycles. The van der Waals surface area contributed by atoms with Crippen LogP contribution in [-0.2, 0) is 10.6 Å². The van der Waals surface area contributed by atoms with Gasteiger partial charge in [0.05, 0.1) is 23.7 Å². The molecule has 0 spiro atoms. The van der Waals surface area contributed by atoms with Gasteiger partial charge in [0.2, 0.25) is 0 Å². The second-order valence-corrected chi connectivity index (χ2v) is 3.38. The van der Waals surface area contributed by atoms with Crippen LogP contribution in [0.5, 0.6) is 0 Å². The second kappa shape index (κ2) is 5.77. The van der Waals surface area contributed by atoms with Crippen LogP contribution in [0.15, 0.2) is 6.07 Å². The van der Waals surface area contributed by atoms with E-state index in [1.54, 1.807) is 6.92 Å². The lowest BCUT2D eigenvalue weighted by Gasteiger charge is -2.12. The SMILES string of the molecule is CCOC(=O)c1c(C(F)F)cc(N)nc1CCl. The Kier molecular flexibility index (Phi) is 4.62. The van der Waals surface area contributed by atoms with Crippen LogP contribution in [0.2, 0.25) is 0 Å². The first-order valence-electron chi connectivity index (χ1n) is 4.81. The lowest BCUT2D eigenvalue weighted by Crippen LogP contribution is -2.14. The Morgan fingerprint density at radius 3 is 2.76 bits per heavy atom. The van der Waals surface area contributed by atoms with Crippen molar-refractivity contribution in [1.29, 1.82) is 0 Å². The van der Waals surface area contributed by atoms with Crippen LogP contribution >= 0.6 is 11.6 Å². The van der Waals surface area contributed by atoms with Crippen LogP contribution < -0.4 is 5.73 Å². The van der Waals surface area contributed by atoms with Gasteiger partial charge in [-0.3, -0.25) is 0 Å². The summed E-state index contributed by atoms with van der Waals surface area (Å²) in [6, 6.07) is 0.951. The molecule has 94 valence electrons. The van der Waals surface area contributed by atoms with E-state index < -0.39 is 18.0 Å². The highest BCUT2D eigenvalue weighted by molar-refractivity contribution is 6.17. The molecule has 1 aromatic heterocycles. The minimum atomic E-state index is -2.85. The van der Waals surface area contributed by atoms with Gasteiger partial charge in [0.25, 0.3) is 6.43 Å². The summed E-state index contributed by atoms with van der Waals surface area (Å²) in [6.07, 6.45) is -2.85. The van der Waals surface area contributed by atoms with Crippen molar-refractivity contribution in [1.82, 2.24) is 4.98 Å². The molecule has 0 aromatic carbocycles. The zero-order chi connectivity index (χ0) is 13.0. The third-order valence-corrected chi connectivity index (χ3v) is 2.24. The van der Waals surface area contributed by atoms with Crippen molar-refractivity contribution in [2.75, 3.05) is 12.3 Å². The maximum atomic E-state index is 12.8. The number of carbonyl (C=O) groups is 1. The van der Waals surface area contributed by atoms with E-state index in [-0.39, 0.29) is 29.6 Å². The summed E-state index contributed by atoms with van der Waals surface area (Å²) in [5.74, 6) is -1.17. The molecular formula is C10H11ClF2N2O2. The lowest BCUT2D eigenvalue weighted by molar-refractivity contribution is 0.0513. The number of halogens is 3.